The highest BCUT2D eigenvalue weighted by Gasteiger charge is 2.29. The fourth-order valence-corrected chi connectivity index (χ4v) is 1.98. The number of hydrogen-bond donors (Lipinski definition) is 2. The first-order chi connectivity index (χ1) is 10.2. The Labute approximate surface area is 133 Å². The molecule has 4 heteroatoms. The Morgan fingerprint density at radius 2 is 1.82 bits per heavy atom. The quantitative estimate of drug-likeness (QED) is 0.776. The zero-order chi connectivity index (χ0) is 16.8. The number of rotatable bonds is 8. The van der Waals surface area contributed by atoms with E-state index in [1.807, 2.05) is 38.1 Å². The summed E-state index contributed by atoms with van der Waals surface area (Å²) in [7, 11) is 0. The lowest BCUT2D eigenvalue weighted by molar-refractivity contribution is -0.125. The molecule has 0 bridgehead atoms. The Hall–Kier alpha value is -1.55. The lowest BCUT2D eigenvalue weighted by atomic mass is 9.83. The van der Waals surface area contributed by atoms with Gasteiger partial charge in [-0.15, -0.1) is 0 Å². The Bertz CT molecular complexity index is 464. The molecule has 1 atom stereocenters. The fourth-order valence-electron chi connectivity index (χ4n) is 1.98. The molecule has 1 unspecified atom stereocenters. The van der Waals surface area contributed by atoms with Crippen molar-refractivity contribution in [1.29, 1.82) is 0 Å². The van der Waals surface area contributed by atoms with E-state index in [9.17, 15) is 9.90 Å². The lowest BCUT2D eigenvalue weighted by Crippen LogP contribution is -2.41. The SMILES string of the molecule is CC(C)COc1ccc(C(C)(C)C(=O)NCCC(C)O)cc1. The Kier molecular flexibility index (Phi) is 6.88. The van der Waals surface area contributed by atoms with Crippen LogP contribution in [-0.4, -0.2) is 30.3 Å². The molecule has 1 aromatic carbocycles. The fraction of sp³-hybridized carbons (Fsp3) is 0.611. The second-order valence-electron chi connectivity index (χ2n) is 6.75. The minimum absolute atomic E-state index is 0.0380. The minimum Gasteiger partial charge on any atom is -0.493 e. The molecule has 0 saturated carbocycles. The van der Waals surface area contributed by atoms with E-state index in [-0.39, 0.29) is 5.91 Å². The highest BCUT2D eigenvalue weighted by Crippen LogP contribution is 2.25. The number of aliphatic hydroxyl groups excluding tert-OH is 1. The monoisotopic (exact) mass is 307 g/mol. The predicted molar refractivity (Wildman–Crippen MR) is 89.1 cm³/mol. The van der Waals surface area contributed by atoms with E-state index in [1.54, 1.807) is 6.92 Å². The van der Waals surface area contributed by atoms with Crippen molar-refractivity contribution in [1.82, 2.24) is 5.32 Å². The van der Waals surface area contributed by atoms with E-state index in [1.165, 1.54) is 0 Å². The van der Waals surface area contributed by atoms with E-state index < -0.39 is 11.5 Å². The number of carbonyl (C=O) groups excluding carboxylic acids is 1. The maximum atomic E-state index is 12.3. The van der Waals surface area contributed by atoms with Crippen LogP contribution in [0.2, 0.25) is 0 Å². The summed E-state index contributed by atoms with van der Waals surface area (Å²) in [5.41, 5.74) is 0.328. The molecule has 0 heterocycles. The maximum absolute atomic E-state index is 12.3. The second kappa shape index (κ2) is 8.18. The highest BCUT2D eigenvalue weighted by atomic mass is 16.5. The van der Waals surface area contributed by atoms with E-state index >= 15 is 0 Å². The number of hydrogen-bond acceptors (Lipinski definition) is 3. The van der Waals surface area contributed by atoms with E-state index in [2.05, 4.69) is 19.2 Å². The van der Waals surface area contributed by atoms with Crippen molar-refractivity contribution < 1.29 is 14.6 Å². The van der Waals surface area contributed by atoms with Gasteiger partial charge < -0.3 is 15.2 Å². The molecule has 0 aromatic heterocycles. The van der Waals surface area contributed by atoms with Gasteiger partial charge in [0.05, 0.1) is 18.1 Å². The number of benzene rings is 1. The molecule has 0 aliphatic rings. The first-order valence-corrected chi connectivity index (χ1v) is 7.93. The van der Waals surface area contributed by atoms with Crippen LogP contribution in [0.4, 0.5) is 0 Å². The molecule has 22 heavy (non-hydrogen) atoms. The average Bonchev–Trinajstić information content (AvgIpc) is 2.45. The Balaban J connectivity index is 2.65. The number of nitrogens with one attached hydrogen (secondary N) is 1. The smallest absolute Gasteiger partial charge is 0.230 e. The van der Waals surface area contributed by atoms with Crippen molar-refractivity contribution in [3.8, 4) is 5.75 Å². The van der Waals surface area contributed by atoms with Gasteiger partial charge in [0.15, 0.2) is 0 Å². The van der Waals surface area contributed by atoms with Gasteiger partial charge in [-0.2, -0.15) is 0 Å². The van der Waals surface area contributed by atoms with E-state index in [4.69, 9.17) is 4.74 Å². The number of aliphatic hydroxyl groups is 1. The van der Waals surface area contributed by atoms with Crippen molar-refractivity contribution in [3.63, 3.8) is 0 Å². The van der Waals surface area contributed by atoms with Crippen LogP contribution in [0.5, 0.6) is 5.75 Å². The first-order valence-electron chi connectivity index (χ1n) is 7.93. The molecule has 4 nitrogen and oxygen atoms in total. The van der Waals surface area contributed by atoms with Gasteiger partial charge >= 0.3 is 0 Å². The molecule has 0 saturated heterocycles. The second-order valence-corrected chi connectivity index (χ2v) is 6.75. The van der Waals surface area contributed by atoms with Crippen molar-refractivity contribution in [2.45, 2.75) is 52.6 Å². The summed E-state index contributed by atoms with van der Waals surface area (Å²) in [5, 5.41) is 12.1. The molecule has 1 rings (SSSR count). The Morgan fingerprint density at radius 1 is 1.23 bits per heavy atom. The van der Waals surface area contributed by atoms with Crippen LogP contribution in [0.25, 0.3) is 0 Å². The van der Waals surface area contributed by atoms with Gasteiger partial charge in [-0.3, -0.25) is 4.79 Å². The number of ether oxygens (including phenoxy) is 1. The summed E-state index contributed by atoms with van der Waals surface area (Å²) in [5.74, 6) is 1.27. The zero-order valence-corrected chi connectivity index (χ0v) is 14.3. The van der Waals surface area contributed by atoms with Gasteiger partial charge in [0.2, 0.25) is 5.91 Å². The molecule has 124 valence electrons. The molecule has 1 amide bonds. The molecule has 0 fully saturated rings. The molecule has 1 aromatic rings. The topological polar surface area (TPSA) is 58.6 Å². The largest absolute Gasteiger partial charge is 0.493 e. The summed E-state index contributed by atoms with van der Waals surface area (Å²) in [6.07, 6.45) is 0.157. The standard InChI is InChI=1S/C18H29NO3/c1-13(2)12-22-16-8-6-15(7-9-16)18(4,5)17(21)19-11-10-14(3)20/h6-9,13-14,20H,10-12H2,1-5H3,(H,19,21). The summed E-state index contributed by atoms with van der Waals surface area (Å²) >= 11 is 0. The minimum atomic E-state index is -0.616. The molecule has 0 aliphatic carbocycles. The molecular formula is C18H29NO3. The molecule has 0 aliphatic heterocycles. The zero-order valence-electron chi connectivity index (χ0n) is 14.3. The normalized spacial score (nSPS) is 13.0. The van der Waals surface area contributed by atoms with Crippen molar-refractivity contribution >= 4 is 5.91 Å². The highest BCUT2D eigenvalue weighted by molar-refractivity contribution is 5.87. The van der Waals surface area contributed by atoms with Crippen LogP contribution in [-0.2, 0) is 10.2 Å². The number of amides is 1. The summed E-state index contributed by atoms with van der Waals surface area (Å²) < 4.78 is 5.66. The third kappa shape index (κ3) is 5.68. The van der Waals surface area contributed by atoms with Crippen LogP contribution in [0.3, 0.4) is 0 Å². The average molecular weight is 307 g/mol. The molecule has 0 spiro atoms. The van der Waals surface area contributed by atoms with Crippen molar-refractivity contribution in [2.75, 3.05) is 13.2 Å². The molecular weight excluding hydrogens is 278 g/mol. The van der Waals surface area contributed by atoms with Crippen LogP contribution in [0.1, 0.15) is 46.6 Å². The number of carbonyl (C=O) groups is 1. The van der Waals surface area contributed by atoms with Crippen LogP contribution < -0.4 is 10.1 Å². The van der Waals surface area contributed by atoms with Gasteiger partial charge in [-0.1, -0.05) is 26.0 Å². The molecule has 2 N–H and O–H groups in total. The summed E-state index contributed by atoms with van der Waals surface area (Å²) in [4.78, 5) is 12.3. The van der Waals surface area contributed by atoms with Gasteiger partial charge in [0.25, 0.3) is 0 Å². The van der Waals surface area contributed by atoms with Gasteiger partial charge in [-0.25, -0.2) is 0 Å². The third-order valence-electron chi connectivity index (χ3n) is 3.57. The van der Waals surface area contributed by atoms with E-state index in [0.717, 1.165) is 11.3 Å². The lowest BCUT2D eigenvalue weighted by Gasteiger charge is -2.24. The Morgan fingerprint density at radius 3 is 2.32 bits per heavy atom. The maximum Gasteiger partial charge on any atom is 0.230 e. The third-order valence-corrected chi connectivity index (χ3v) is 3.57. The molecule has 0 radical (unpaired) electrons. The van der Waals surface area contributed by atoms with E-state index in [0.29, 0.717) is 25.5 Å². The van der Waals surface area contributed by atoms with Crippen molar-refractivity contribution in [2.24, 2.45) is 5.92 Å². The van der Waals surface area contributed by atoms with Crippen LogP contribution in [0.15, 0.2) is 24.3 Å². The summed E-state index contributed by atoms with van der Waals surface area (Å²) in [6.45, 7) is 10.9. The summed E-state index contributed by atoms with van der Waals surface area (Å²) in [6, 6.07) is 7.68. The van der Waals surface area contributed by atoms with Gasteiger partial charge in [-0.05, 0) is 50.8 Å². The predicted octanol–water partition coefficient (Wildman–Crippen LogP) is 2.89. The van der Waals surface area contributed by atoms with Crippen molar-refractivity contribution in [3.05, 3.63) is 29.8 Å². The van der Waals surface area contributed by atoms with Gasteiger partial charge in [0.1, 0.15) is 5.75 Å². The van der Waals surface area contributed by atoms with Gasteiger partial charge in [0, 0.05) is 6.54 Å². The first kappa shape index (κ1) is 18.5. The van der Waals surface area contributed by atoms with Crippen LogP contribution in [0, 0.1) is 5.92 Å². The van der Waals surface area contributed by atoms with Crippen LogP contribution >= 0.6 is 0 Å².